The van der Waals surface area contributed by atoms with Gasteiger partial charge < -0.3 is 5.32 Å². The smallest absolute Gasteiger partial charge is 0.225 e. The van der Waals surface area contributed by atoms with Crippen LogP contribution in [0.3, 0.4) is 0 Å². The Hall–Kier alpha value is -1.91. The molecular formula is C16H23N3O3S. The van der Waals surface area contributed by atoms with Crippen molar-refractivity contribution in [2.75, 3.05) is 24.7 Å². The summed E-state index contributed by atoms with van der Waals surface area (Å²) < 4.78 is 24.9. The fourth-order valence-corrected chi connectivity index (χ4v) is 2.83. The molecule has 0 spiro atoms. The van der Waals surface area contributed by atoms with E-state index in [-0.39, 0.29) is 18.9 Å². The number of anilines is 1. The molecule has 0 bridgehead atoms. The van der Waals surface area contributed by atoms with Gasteiger partial charge in [-0.3, -0.25) is 4.79 Å². The molecule has 0 unspecified atom stereocenters. The Kier molecular flexibility index (Phi) is 7.20. The molecule has 0 aliphatic heterocycles. The van der Waals surface area contributed by atoms with E-state index < -0.39 is 10.0 Å². The Morgan fingerprint density at radius 3 is 2.52 bits per heavy atom. The van der Waals surface area contributed by atoms with E-state index in [4.69, 9.17) is 5.26 Å². The maximum absolute atomic E-state index is 12.0. The van der Waals surface area contributed by atoms with Crippen LogP contribution in [-0.4, -0.2) is 38.0 Å². The van der Waals surface area contributed by atoms with Crippen molar-refractivity contribution in [3.63, 3.8) is 0 Å². The van der Waals surface area contributed by atoms with E-state index >= 15 is 0 Å². The molecule has 0 saturated carbocycles. The number of nitriles is 1. The fraction of sp³-hybridized carbons (Fsp3) is 0.500. The van der Waals surface area contributed by atoms with Crippen LogP contribution < -0.4 is 5.32 Å². The predicted molar refractivity (Wildman–Crippen MR) is 90.3 cm³/mol. The summed E-state index contributed by atoms with van der Waals surface area (Å²) in [5, 5.41) is 11.6. The number of hydrogen-bond acceptors (Lipinski definition) is 4. The number of amides is 1. The van der Waals surface area contributed by atoms with E-state index in [9.17, 15) is 13.2 Å². The van der Waals surface area contributed by atoms with Gasteiger partial charge in [-0.05, 0) is 24.5 Å². The maximum atomic E-state index is 12.0. The van der Waals surface area contributed by atoms with Crippen LogP contribution in [0.2, 0.25) is 0 Å². The van der Waals surface area contributed by atoms with Gasteiger partial charge in [0.25, 0.3) is 0 Å². The van der Waals surface area contributed by atoms with E-state index in [1.807, 2.05) is 19.9 Å². The van der Waals surface area contributed by atoms with Crippen molar-refractivity contribution >= 4 is 21.6 Å². The molecule has 0 aromatic heterocycles. The summed E-state index contributed by atoms with van der Waals surface area (Å²) in [6.45, 7) is 4.57. The first kappa shape index (κ1) is 19.1. The van der Waals surface area contributed by atoms with E-state index in [0.717, 1.165) is 12.7 Å². The van der Waals surface area contributed by atoms with Crippen LogP contribution in [0.4, 0.5) is 5.69 Å². The first-order valence-corrected chi connectivity index (χ1v) is 9.33. The van der Waals surface area contributed by atoms with E-state index in [1.165, 1.54) is 4.31 Å². The summed E-state index contributed by atoms with van der Waals surface area (Å²) in [5.74, 6) is 0.0708. The van der Waals surface area contributed by atoms with Gasteiger partial charge in [0.2, 0.25) is 15.9 Å². The maximum Gasteiger partial charge on any atom is 0.225 e. The number of hydrogen-bond donors (Lipinski definition) is 1. The Balaban J connectivity index is 2.64. The van der Waals surface area contributed by atoms with Gasteiger partial charge in [0.05, 0.1) is 17.5 Å². The number of rotatable bonds is 8. The average Bonchev–Trinajstić information content (AvgIpc) is 2.46. The Morgan fingerprint density at radius 2 is 1.96 bits per heavy atom. The third kappa shape index (κ3) is 6.80. The molecule has 0 fully saturated rings. The molecule has 1 aromatic rings. The summed E-state index contributed by atoms with van der Waals surface area (Å²) in [6.07, 6.45) is 1.94. The third-order valence-corrected chi connectivity index (χ3v) is 4.64. The van der Waals surface area contributed by atoms with Gasteiger partial charge in [-0.15, -0.1) is 0 Å². The van der Waals surface area contributed by atoms with E-state index in [1.54, 1.807) is 24.3 Å². The van der Waals surface area contributed by atoms with Crippen LogP contribution >= 0.6 is 0 Å². The number of carbonyl (C=O) groups excluding carboxylic acids is 1. The molecule has 0 aliphatic rings. The Morgan fingerprint density at radius 1 is 1.30 bits per heavy atom. The van der Waals surface area contributed by atoms with Crippen molar-refractivity contribution < 1.29 is 13.2 Å². The van der Waals surface area contributed by atoms with Gasteiger partial charge in [-0.1, -0.05) is 26.0 Å². The standard InChI is InChI=1S/C16H23N3O3S/c1-13(2)8-10-19(23(3,21)22)11-9-16(20)18-15-7-5-4-6-14(15)12-17/h4-7,13H,8-11H2,1-3H3,(H,18,20). The molecule has 23 heavy (non-hydrogen) atoms. The van der Waals surface area contributed by atoms with Gasteiger partial charge in [0.15, 0.2) is 0 Å². The number of sulfonamides is 1. The molecule has 1 aromatic carbocycles. The van der Waals surface area contributed by atoms with Gasteiger partial charge in [0.1, 0.15) is 6.07 Å². The molecule has 0 radical (unpaired) electrons. The monoisotopic (exact) mass is 337 g/mol. The molecule has 1 amide bonds. The van der Waals surface area contributed by atoms with Gasteiger partial charge in [0, 0.05) is 19.5 Å². The van der Waals surface area contributed by atoms with Crippen LogP contribution in [-0.2, 0) is 14.8 Å². The van der Waals surface area contributed by atoms with Crippen molar-refractivity contribution in [1.82, 2.24) is 4.31 Å². The molecule has 6 nitrogen and oxygen atoms in total. The highest BCUT2D eigenvalue weighted by atomic mass is 32.2. The average molecular weight is 337 g/mol. The van der Waals surface area contributed by atoms with E-state index in [0.29, 0.717) is 23.7 Å². The SMILES string of the molecule is CC(C)CCN(CCC(=O)Nc1ccccc1C#N)S(C)(=O)=O. The van der Waals surface area contributed by atoms with Crippen LogP contribution in [0.1, 0.15) is 32.3 Å². The third-order valence-electron chi connectivity index (χ3n) is 3.33. The molecule has 1 N–H and O–H groups in total. The molecule has 0 heterocycles. The summed E-state index contributed by atoms with van der Waals surface area (Å²) >= 11 is 0. The topological polar surface area (TPSA) is 90.3 Å². The number of nitrogens with zero attached hydrogens (tertiary/aromatic N) is 2. The van der Waals surface area contributed by atoms with Gasteiger partial charge in [-0.25, -0.2) is 12.7 Å². The quantitative estimate of drug-likeness (QED) is 0.787. The first-order chi connectivity index (χ1) is 10.7. The van der Waals surface area contributed by atoms with Crippen LogP contribution in [0.5, 0.6) is 0 Å². The number of nitrogens with one attached hydrogen (secondary N) is 1. The lowest BCUT2D eigenvalue weighted by Crippen LogP contribution is -2.34. The first-order valence-electron chi connectivity index (χ1n) is 7.48. The fourth-order valence-electron chi connectivity index (χ4n) is 1.97. The van der Waals surface area contributed by atoms with Crippen molar-refractivity contribution in [2.45, 2.75) is 26.7 Å². The van der Waals surface area contributed by atoms with Crippen molar-refractivity contribution in [2.24, 2.45) is 5.92 Å². The minimum atomic E-state index is -3.34. The summed E-state index contributed by atoms with van der Waals surface area (Å²) in [4.78, 5) is 12.0. The molecule has 7 heteroatoms. The molecular weight excluding hydrogens is 314 g/mol. The number of benzene rings is 1. The van der Waals surface area contributed by atoms with Crippen LogP contribution in [0.25, 0.3) is 0 Å². The largest absolute Gasteiger partial charge is 0.325 e. The molecule has 0 saturated heterocycles. The lowest BCUT2D eigenvalue weighted by Gasteiger charge is -2.20. The zero-order valence-corrected chi connectivity index (χ0v) is 14.6. The minimum absolute atomic E-state index is 0.0466. The highest BCUT2D eigenvalue weighted by molar-refractivity contribution is 7.88. The zero-order valence-electron chi connectivity index (χ0n) is 13.7. The lowest BCUT2D eigenvalue weighted by molar-refractivity contribution is -0.116. The van der Waals surface area contributed by atoms with Gasteiger partial charge in [-0.2, -0.15) is 5.26 Å². The summed E-state index contributed by atoms with van der Waals surface area (Å²) in [6, 6.07) is 8.69. The van der Waals surface area contributed by atoms with Crippen molar-refractivity contribution in [3.8, 4) is 6.07 Å². The summed E-state index contributed by atoms with van der Waals surface area (Å²) in [5.41, 5.74) is 0.814. The molecule has 1 rings (SSSR count). The second-order valence-corrected chi connectivity index (χ2v) is 7.78. The number of para-hydroxylation sites is 1. The zero-order chi connectivity index (χ0) is 17.5. The second kappa shape index (κ2) is 8.65. The Labute approximate surface area is 138 Å². The normalized spacial score (nSPS) is 11.5. The second-order valence-electron chi connectivity index (χ2n) is 5.80. The highest BCUT2D eigenvalue weighted by Crippen LogP contribution is 2.14. The van der Waals surface area contributed by atoms with Crippen LogP contribution in [0.15, 0.2) is 24.3 Å². The van der Waals surface area contributed by atoms with Crippen LogP contribution in [0, 0.1) is 17.2 Å². The van der Waals surface area contributed by atoms with E-state index in [2.05, 4.69) is 5.32 Å². The van der Waals surface area contributed by atoms with Gasteiger partial charge >= 0.3 is 0 Å². The molecule has 0 atom stereocenters. The van der Waals surface area contributed by atoms with Crippen molar-refractivity contribution in [1.29, 1.82) is 5.26 Å². The summed E-state index contributed by atoms with van der Waals surface area (Å²) in [7, 11) is -3.34. The lowest BCUT2D eigenvalue weighted by atomic mass is 10.1. The predicted octanol–water partition coefficient (Wildman–Crippen LogP) is 2.19. The Bertz CT molecular complexity index is 678. The minimum Gasteiger partial charge on any atom is -0.325 e. The molecule has 0 aliphatic carbocycles. The molecule has 126 valence electrons. The van der Waals surface area contributed by atoms with Crippen molar-refractivity contribution in [3.05, 3.63) is 29.8 Å². The highest BCUT2D eigenvalue weighted by Gasteiger charge is 2.18. The number of carbonyl (C=O) groups is 1.